The van der Waals surface area contributed by atoms with E-state index in [0.29, 0.717) is 0 Å². The topological polar surface area (TPSA) is 0 Å². The van der Waals surface area contributed by atoms with E-state index in [0.717, 1.165) is 24.3 Å². The highest BCUT2D eigenvalue weighted by molar-refractivity contribution is 6.30. The van der Waals surface area contributed by atoms with E-state index in [1.165, 1.54) is 18.2 Å². The van der Waals surface area contributed by atoms with Crippen LogP contribution in [0.5, 0.6) is 0 Å². The lowest BCUT2D eigenvalue weighted by molar-refractivity contribution is -0.137. The van der Waals surface area contributed by atoms with Crippen molar-refractivity contribution >= 4 is 11.6 Å². The Hall–Kier alpha value is -1.55. The third-order valence-electron chi connectivity index (χ3n) is 2.45. The predicted octanol–water partition coefficient (Wildman–Crippen LogP) is 5.16. The van der Waals surface area contributed by atoms with E-state index in [2.05, 4.69) is 0 Å². The second-order valence-electron chi connectivity index (χ2n) is 3.67. The number of rotatable bonds is 1. The van der Waals surface area contributed by atoms with Crippen LogP contribution in [-0.4, -0.2) is 0 Å². The summed E-state index contributed by atoms with van der Waals surface area (Å²) in [7, 11) is 0. The fourth-order valence-corrected chi connectivity index (χ4v) is 1.84. The Kier molecular flexibility index (Phi) is 3.30. The van der Waals surface area contributed by atoms with Crippen LogP contribution in [0.3, 0.4) is 0 Å². The lowest BCUT2D eigenvalue weighted by Crippen LogP contribution is -2.07. The van der Waals surface area contributed by atoms with Gasteiger partial charge >= 0.3 is 6.18 Å². The van der Waals surface area contributed by atoms with Crippen molar-refractivity contribution in [2.45, 2.75) is 6.18 Å². The molecular weight excluding hydrogens is 268 g/mol. The van der Waals surface area contributed by atoms with E-state index in [-0.39, 0.29) is 16.1 Å². The molecule has 0 saturated heterocycles. The summed E-state index contributed by atoms with van der Waals surface area (Å²) in [6.07, 6.45) is -4.55. The quantitative estimate of drug-likeness (QED) is 0.630. The first-order valence-electron chi connectivity index (χ1n) is 5.01. The van der Waals surface area contributed by atoms with E-state index >= 15 is 0 Å². The van der Waals surface area contributed by atoms with Gasteiger partial charge in [0.05, 0.1) is 5.56 Å². The van der Waals surface area contributed by atoms with Gasteiger partial charge in [-0.1, -0.05) is 29.8 Å². The van der Waals surface area contributed by atoms with E-state index in [1.807, 2.05) is 0 Å². The minimum atomic E-state index is -4.55. The molecule has 0 aromatic heterocycles. The van der Waals surface area contributed by atoms with Gasteiger partial charge in [0.1, 0.15) is 5.82 Å². The molecule has 0 spiro atoms. The van der Waals surface area contributed by atoms with Crippen LogP contribution >= 0.6 is 11.6 Å². The fraction of sp³-hybridized carbons (Fsp3) is 0.0769. The summed E-state index contributed by atoms with van der Waals surface area (Å²) in [6.45, 7) is 0. The number of benzene rings is 2. The molecule has 0 aliphatic heterocycles. The molecule has 0 fully saturated rings. The summed E-state index contributed by atoms with van der Waals surface area (Å²) >= 11 is 5.68. The third-order valence-corrected chi connectivity index (χ3v) is 2.69. The molecule has 18 heavy (non-hydrogen) atoms. The number of hydrogen-bond acceptors (Lipinski definition) is 0. The van der Waals surface area contributed by atoms with Crippen molar-refractivity contribution in [1.29, 1.82) is 0 Å². The summed E-state index contributed by atoms with van der Waals surface area (Å²) in [4.78, 5) is 0. The molecule has 94 valence electrons. The first-order chi connectivity index (χ1) is 8.39. The zero-order valence-corrected chi connectivity index (χ0v) is 9.69. The fourth-order valence-electron chi connectivity index (χ4n) is 1.67. The van der Waals surface area contributed by atoms with Gasteiger partial charge in [0, 0.05) is 10.6 Å². The van der Waals surface area contributed by atoms with Crippen LogP contribution in [0.1, 0.15) is 5.56 Å². The van der Waals surface area contributed by atoms with E-state index in [9.17, 15) is 17.6 Å². The Bertz CT molecular complexity index is 575. The average Bonchev–Trinajstić information content (AvgIpc) is 2.27. The lowest BCUT2D eigenvalue weighted by Gasteiger charge is -2.13. The van der Waals surface area contributed by atoms with Crippen LogP contribution in [0.25, 0.3) is 11.1 Å². The van der Waals surface area contributed by atoms with Crippen LogP contribution in [0.15, 0.2) is 42.5 Å². The zero-order chi connectivity index (χ0) is 13.3. The van der Waals surface area contributed by atoms with Gasteiger partial charge in [0.2, 0.25) is 0 Å². The number of hydrogen-bond donors (Lipinski definition) is 0. The van der Waals surface area contributed by atoms with E-state index in [1.54, 1.807) is 0 Å². The summed E-state index contributed by atoms with van der Waals surface area (Å²) in [5, 5.41) is 0.126. The molecule has 0 atom stereocenters. The minimum Gasteiger partial charge on any atom is -0.206 e. The lowest BCUT2D eigenvalue weighted by atomic mass is 9.99. The van der Waals surface area contributed by atoms with Crippen molar-refractivity contribution in [3.8, 4) is 11.1 Å². The second kappa shape index (κ2) is 4.61. The Labute approximate surface area is 106 Å². The summed E-state index contributed by atoms with van der Waals surface area (Å²) < 4.78 is 52.1. The standard InChI is InChI=1S/C13H7ClF4/c14-8-5-6-11(13(16,17)18)10(7-8)9-3-1-2-4-12(9)15/h1-7H. The number of halogens is 5. The summed E-state index contributed by atoms with van der Waals surface area (Å²) in [6, 6.07) is 8.38. The molecule has 0 radical (unpaired) electrons. The molecule has 0 bridgehead atoms. The summed E-state index contributed by atoms with van der Waals surface area (Å²) in [5.74, 6) is -0.717. The maximum atomic E-state index is 13.6. The van der Waals surface area contributed by atoms with Gasteiger partial charge in [-0.3, -0.25) is 0 Å². The minimum absolute atomic E-state index is 0.118. The first-order valence-corrected chi connectivity index (χ1v) is 5.39. The highest BCUT2D eigenvalue weighted by Gasteiger charge is 2.34. The highest BCUT2D eigenvalue weighted by Crippen LogP contribution is 2.39. The largest absolute Gasteiger partial charge is 0.417 e. The molecule has 0 heterocycles. The van der Waals surface area contributed by atoms with Crippen LogP contribution in [0.2, 0.25) is 5.02 Å². The molecule has 0 aliphatic rings. The average molecular weight is 275 g/mol. The zero-order valence-electron chi connectivity index (χ0n) is 8.93. The summed E-state index contributed by atoms with van der Waals surface area (Å²) in [5.41, 5.74) is -1.28. The Morgan fingerprint density at radius 1 is 0.889 bits per heavy atom. The molecular formula is C13H7ClF4. The Balaban J connectivity index is 2.70. The van der Waals surface area contributed by atoms with Crippen molar-refractivity contribution in [2.24, 2.45) is 0 Å². The highest BCUT2D eigenvalue weighted by atomic mass is 35.5. The van der Waals surface area contributed by atoms with Crippen LogP contribution in [-0.2, 0) is 6.18 Å². The van der Waals surface area contributed by atoms with Gasteiger partial charge in [0.25, 0.3) is 0 Å². The predicted molar refractivity (Wildman–Crippen MR) is 61.8 cm³/mol. The molecule has 2 aromatic carbocycles. The van der Waals surface area contributed by atoms with Gasteiger partial charge in [-0.05, 0) is 29.8 Å². The smallest absolute Gasteiger partial charge is 0.206 e. The molecule has 0 aliphatic carbocycles. The molecule has 2 rings (SSSR count). The van der Waals surface area contributed by atoms with Crippen molar-refractivity contribution in [1.82, 2.24) is 0 Å². The third kappa shape index (κ3) is 2.48. The molecule has 2 aromatic rings. The molecule has 0 N–H and O–H groups in total. The monoisotopic (exact) mass is 274 g/mol. The maximum absolute atomic E-state index is 13.6. The van der Waals surface area contributed by atoms with E-state index < -0.39 is 17.6 Å². The van der Waals surface area contributed by atoms with Gasteiger partial charge in [-0.15, -0.1) is 0 Å². The molecule has 0 nitrogen and oxygen atoms in total. The SMILES string of the molecule is Fc1ccccc1-c1cc(Cl)ccc1C(F)(F)F. The van der Waals surface area contributed by atoms with Crippen LogP contribution in [0.4, 0.5) is 17.6 Å². The van der Waals surface area contributed by atoms with Gasteiger partial charge in [0.15, 0.2) is 0 Å². The number of alkyl halides is 3. The van der Waals surface area contributed by atoms with Gasteiger partial charge in [-0.25, -0.2) is 4.39 Å². The van der Waals surface area contributed by atoms with E-state index in [4.69, 9.17) is 11.6 Å². The van der Waals surface area contributed by atoms with Gasteiger partial charge < -0.3 is 0 Å². The maximum Gasteiger partial charge on any atom is 0.417 e. The van der Waals surface area contributed by atoms with Crippen molar-refractivity contribution in [2.75, 3.05) is 0 Å². The second-order valence-corrected chi connectivity index (χ2v) is 4.10. The first kappa shape index (κ1) is 12.9. The molecule has 0 unspecified atom stereocenters. The van der Waals surface area contributed by atoms with Crippen molar-refractivity contribution in [3.63, 3.8) is 0 Å². The Morgan fingerprint density at radius 2 is 1.56 bits per heavy atom. The molecule has 0 amide bonds. The molecule has 0 saturated carbocycles. The van der Waals surface area contributed by atoms with Crippen LogP contribution < -0.4 is 0 Å². The van der Waals surface area contributed by atoms with Crippen LogP contribution in [0, 0.1) is 5.82 Å². The van der Waals surface area contributed by atoms with Gasteiger partial charge in [-0.2, -0.15) is 13.2 Å². The Morgan fingerprint density at radius 3 is 2.17 bits per heavy atom. The van der Waals surface area contributed by atoms with Crippen molar-refractivity contribution < 1.29 is 17.6 Å². The normalized spacial score (nSPS) is 11.6. The molecule has 5 heteroatoms. The van der Waals surface area contributed by atoms with Crippen molar-refractivity contribution in [3.05, 3.63) is 58.9 Å².